The lowest BCUT2D eigenvalue weighted by atomic mass is 10.1. The van der Waals surface area contributed by atoms with Crippen LogP contribution in [0.25, 0.3) is 10.9 Å². The maximum Gasteiger partial charge on any atom is 0.307 e. The van der Waals surface area contributed by atoms with Crippen LogP contribution in [0.15, 0.2) is 59.4 Å². The molecule has 6 heteroatoms. The zero-order valence-electron chi connectivity index (χ0n) is 15.0. The molecule has 0 aliphatic carbocycles. The van der Waals surface area contributed by atoms with Crippen molar-refractivity contribution in [3.63, 3.8) is 0 Å². The maximum absolute atomic E-state index is 13.0. The van der Waals surface area contributed by atoms with Crippen LogP contribution < -0.4 is 5.56 Å². The van der Waals surface area contributed by atoms with E-state index in [9.17, 15) is 9.59 Å². The molecule has 1 aliphatic rings. The fourth-order valence-electron chi connectivity index (χ4n) is 3.26. The van der Waals surface area contributed by atoms with E-state index in [1.807, 2.05) is 42.5 Å². The predicted octanol–water partition coefficient (Wildman–Crippen LogP) is 3.16. The molecule has 1 saturated heterocycles. The van der Waals surface area contributed by atoms with Crippen LogP contribution in [-0.4, -0.2) is 22.1 Å². The molecule has 2 atom stereocenters. The number of hydrogen-bond acceptors (Lipinski definition) is 5. The molecule has 0 amide bonds. The number of fused-ring (bicyclic) bond motifs is 1. The van der Waals surface area contributed by atoms with Crippen molar-refractivity contribution in [3.05, 3.63) is 76.3 Å². The van der Waals surface area contributed by atoms with Crippen LogP contribution in [0.3, 0.4) is 0 Å². The van der Waals surface area contributed by atoms with Crippen LogP contribution >= 0.6 is 0 Å². The van der Waals surface area contributed by atoms with E-state index in [4.69, 9.17) is 9.47 Å². The molecule has 0 saturated carbocycles. The Kier molecular flexibility index (Phi) is 4.73. The molecule has 2 aromatic carbocycles. The number of benzene rings is 2. The molecule has 2 heterocycles. The normalized spacial score (nSPS) is 18.4. The smallest absolute Gasteiger partial charge is 0.307 e. The van der Waals surface area contributed by atoms with Gasteiger partial charge in [0.05, 0.1) is 23.9 Å². The average Bonchev–Trinajstić information content (AvgIpc) is 3.49. The summed E-state index contributed by atoms with van der Waals surface area (Å²) in [4.78, 5) is 29.5. The zero-order chi connectivity index (χ0) is 18.8. The number of aromatic nitrogens is 2. The van der Waals surface area contributed by atoms with Crippen molar-refractivity contribution >= 4 is 16.9 Å². The topological polar surface area (TPSA) is 73.7 Å². The van der Waals surface area contributed by atoms with Gasteiger partial charge in [-0.05, 0) is 24.6 Å². The molecule has 0 radical (unpaired) electrons. The zero-order valence-corrected chi connectivity index (χ0v) is 15.0. The third-order valence-electron chi connectivity index (χ3n) is 4.61. The van der Waals surface area contributed by atoms with Crippen LogP contribution in [0, 0.1) is 0 Å². The summed E-state index contributed by atoms with van der Waals surface area (Å²) in [5, 5.41) is 0.530. The van der Waals surface area contributed by atoms with E-state index in [-0.39, 0.29) is 36.7 Å². The van der Waals surface area contributed by atoms with Crippen molar-refractivity contribution in [1.29, 1.82) is 0 Å². The SMILES string of the molecule is CCOC(=O)CCn1c(C2OC2c2ccccc2)nc2ccccc2c1=O. The summed E-state index contributed by atoms with van der Waals surface area (Å²) >= 11 is 0. The molecular formula is C21H20N2O4. The van der Waals surface area contributed by atoms with Gasteiger partial charge >= 0.3 is 5.97 Å². The van der Waals surface area contributed by atoms with E-state index in [2.05, 4.69) is 4.98 Å². The fraction of sp³-hybridized carbons (Fsp3) is 0.286. The lowest BCUT2D eigenvalue weighted by Crippen LogP contribution is -2.26. The Morgan fingerprint density at radius 1 is 1.11 bits per heavy atom. The van der Waals surface area contributed by atoms with Gasteiger partial charge < -0.3 is 9.47 Å². The first-order chi connectivity index (χ1) is 13.2. The van der Waals surface area contributed by atoms with Gasteiger partial charge in [-0.25, -0.2) is 4.98 Å². The molecule has 0 bridgehead atoms. The van der Waals surface area contributed by atoms with E-state index in [0.29, 0.717) is 23.3 Å². The minimum absolute atomic E-state index is 0.115. The second-order valence-corrected chi connectivity index (χ2v) is 6.39. The van der Waals surface area contributed by atoms with Crippen molar-refractivity contribution in [2.45, 2.75) is 32.1 Å². The van der Waals surface area contributed by atoms with Crippen molar-refractivity contribution < 1.29 is 14.3 Å². The van der Waals surface area contributed by atoms with Crippen molar-refractivity contribution in [2.24, 2.45) is 0 Å². The molecule has 1 aromatic heterocycles. The van der Waals surface area contributed by atoms with Crippen LogP contribution in [0.1, 0.15) is 36.9 Å². The molecule has 2 unspecified atom stereocenters. The standard InChI is InChI=1S/C21H20N2O4/c1-2-26-17(24)12-13-23-20(19-18(27-19)14-8-4-3-5-9-14)22-16-11-7-6-10-15(16)21(23)25/h3-11,18-19H,2,12-13H2,1H3. The molecule has 27 heavy (non-hydrogen) atoms. The highest BCUT2D eigenvalue weighted by Gasteiger charge is 2.44. The Morgan fingerprint density at radius 3 is 2.63 bits per heavy atom. The van der Waals surface area contributed by atoms with Gasteiger partial charge in [-0.2, -0.15) is 0 Å². The summed E-state index contributed by atoms with van der Waals surface area (Å²) < 4.78 is 12.4. The first kappa shape index (κ1) is 17.4. The summed E-state index contributed by atoms with van der Waals surface area (Å²) in [6.45, 7) is 2.29. The summed E-state index contributed by atoms with van der Waals surface area (Å²) in [6, 6.07) is 17.1. The number of ether oxygens (including phenoxy) is 2. The fourth-order valence-corrected chi connectivity index (χ4v) is 3.26. The van der Waals surface area contributed by atoms with Gasteiger partial charge in [0.1, 0.15) is 18.0 Å². The van der Waals surface area contributed by atoms with E-state index >= 15 is 0 Å². The highest BCUT2D eigenvalue weighted by atomic mass is 16.6. The van der Waals surface area contributed by atoms with Crippen molar-refractivity contribution in [2.75, 3.05) is 6.61 Å². The van der Waals surface area contributed by atoms with Gasteiger partial charge in [0.15, 0.2) is 0 Å². The molecule has 1 fully saturated rings. The third kappa shape index (κ3) is 3.48. The van der Waals surface area contributed by atoms with Crippen LogP contribution in [0.4, 0.5) is 0 Å². The minimum Gasteiger partial charge on any atom is -0.466 e. The Morgan fingerprint density at radius 2 is 1.85 bits per heavy atom. The predicted molar refractivity (Wildman–Crippen MR) is 100 cm³/mol. The third-order valence-corrected chi connectivity index (χ3v) is 4.61. The molecule has 1 aliphatic heterocycles. The van der Waals surface area contributed by atoms with Gasteiger partial charge in [-0.15, -0.1) is 0 Å². The van der Waals surface area contributed by atoms with Crippen molar-refractivity contribution in [1.82, 2.24) is 9.55 Å². The molecule has 6 nitrogen and oxygen atoms in total. The second kappa shape index (κ2) is 7.32. The number of carbonyl (C=O) groups is 1. The Balaban J connectivity index is 1.71. The van der Waals surface area contributed by atoms with Gasteiger partial charge in [0, 0.05) is 6.54 Å². The molecule has 138 valence electrons. The van der Waals surface area contributed by atoms with Gasteiger partial charge in [-0.1, -0.05) is 42.5 Å². The number of epoxide rings is 1. The monoisotopic (exact) mass is 364 g/mol. The summed E-state index contributed by atoms with van der Waals surface area (Å²) in [5.41, 5.74) is 1.51. The highest BCUT2D eigenvalue weighted by molar-refractivity contribution is 5.77. The maximum atomic E-state index is 13.0. The number of rotatable bonds is 6. The number of carbonyl (C=O) groups excluding carboxylic acids is 1. The number of esters is 1. The molecule has 3 aromatic rings. The number of hydrogen-bond donors (Lipinski definition) is 0. The van der Waals surface area contributed by atoms with E-state index in [0.717, 1.165) is 5.56 Å². The first-order valence-electron chi connectivity index (χ1n) is 9.04. The molecule has 0 N–H and O–H groups in total. The Hall–Kier alpha value is -2.99. The second-order valence-electron chi connectivity index (χ2n) is 6.39. The Bertz CT molecular complexity index is 1030. The number of nitrogens with zero attached hydrogens (tertiary/aromatic N) is 2. The van der Waals surface area contributed by atoms with E-state index < -0.39 is 0 Å². The largest absolute Gasteiger partial charge is 0.466 e. The quantitative estimate of drug-likeness (QED) is 0.496. The van der Waals surface area contributed by atoms with Gasteiger partial charge in [0.2, 0.25) is 0 Å². The van der Waals surface area contributed by atoms with Gasteiger partial charge in [0.25, 0.3) is 5.56 Å². The van der Waals surface area contributed by atoms with E-state index in [1.165, 1.54) is 0 Å². The van der Waals surface area contributed by atoms with Crippen LogP contribution in [0.5, 0.6) is 0 Å². The Labute approximate surface area is 156 Å². The lowest BCUT2D eigenvalue weighted by molar-refractivity contribution is -0.143. The average molecular weight is 364 g/mol. The first-order valence-corrected chi connectivity index (χ1v) is 9.04. The van der Waals surface area contributed by atoms with Crippen molar-refractivity contribution in [3.8, 4) is 0 Å². The van der Waals surface area contributed by atoms with E-state index in [1.54, 1.807) is 23.6 Å². The lowest BCUT2D eigenvalue weighted by Gasteiger charge is -2.12. The highest BCUT2D eigenvalue weighted by Crippen LogP contribution is 2.50. The summed E-state index contributed by atoms with van der Waals surface area (Å²) in [6.07, 6.45) is -0.316. The van der Waals surface area contributed by atoms with Crippen LogP contribution in [0.2, 0.25) is 0 Å². The number of para-hydroxylation sites is 1. The van der Waals surface area contributed by atoms with Crippen LogP contribution in [-0.2, 0) is 20.8 Å². The molecule has 0 spiro atoms. The molecule has 4 rings (SSSR count). The minimum atomic E-state index is -0.333. The molecular weight excluding hydrogens is 344 g/mol. The van der Waals surface area contributed by atoms with Gasteiger partial charge in [-0.3, -0.25) is 14.2 Å². The summed E-state index contributed by atoms with van der Waals surface area (Å²) in [7, 11) is 0. The summed E-state index contributed by atoms with van der Waals surface area (Å²) in [5.74, 6) is 0.219.